The van der Waals surface area contributed by atoms with Crippen LogP contribution in [0.2, 0.25) is 0 Å². The van der Waals surface area contributed by atoms with Crippen LogP contribution in [0.5, 0.6) is 11.5 Å². The van der Waals surface area contributed by atoms with Crippen molar-refractivity contribution in [2.45, 2.75) is 11.8 Å². The van der Waals surface area contributed by atoms with Crippen molar-refractivity contribution in [3.8, 4) is 11.5 Å². The Hall–Kier alpha value is -2.47. The monoisotopic (exact) mass is 332 g/mol. The van der Waals surface area contributed by atoms with Crippen molar-refractivity contribution in [3.63, 3.8) is 0 Å². The molecule has 0 amide bonds. The number of esters is 1. The van der Waals surface area contributed by atoms with Gasteiger partial charge in [-0.2, -0.15) is 0 Å². The van der Waals surface area contributed by atoms with Crippen LogP contribution in [0.4, 0.5) is 4.79 Å². The molecule has 2 aromatic carbocycles. The van der Waals surface area contributed by atoms with E-state index in [1.54, 1.807) is 6.07 Å². The van der Waals surface area contributed by atoms with Gasteiger partial charge < -0.3 is 14.2 Å². The molecule has 23 heavy (non-hydrogen) atoms. The molecule has 0 aromatic heterocycles. The number of hydrogen-bond acceptors (Lipinski definition) is 6. The van der Waals surface area contributed by atoms with E-state index in [-0.39, 0.29) is 0 Å². The number of thioether (sulfide) groups is 1. The summed E-state index contributed by atoms with van der Waals surface area (Å²) in [4.78, 5) is 23.7. The summed E-state index contributed by atoms with van der Waals surface area (Å²) in [6.45, 7) is 5.32. The molecule has 0 fully saturated rings. The van der Waals surface area contributed by atoms with E-state index < -0.39 is 12.1 Å². The Morgan fingerprint density at radius 1 is 1.17 bits per heavy atom. The summed E-state index contributed by atoms with van der Waals surface area (Å²) in [6, 6.07) is 7.21. The van der Waals surface area contributed by atoms with Crippen LogP contribution in [0.25, 0.3) is 10.8 Å². The molecule has 0 saturated carbocycles. The minimum absolute atomic E-state index is 0.346. The second-order valence-electron chi connectivity index (χ2n) is 4.64. The Bertz CT molecular complexity index is 782. The van der Waals surface area contributed by atoms with E-state index in [2.05, 4.69) is 11.3 Å². The molecule has 0 aliphatic carbocycles. The van der Waals surface area contributed by atoms with E-state index in [1.807, 2.05) is 31.4 Å². The number of hydrogen-bond donors (Lipinski definition) is 0. The zero-order valence-corrected chi connectivity index (χ0v) is 13.9. The third-order valence-electron chi connectivity index (χ3n) is 3.12. The van der Waals surface area contributed by atoms with Gasteiger partial charge in [-0.1, -0.05) is 24.3 Å². The first-order chi connectivity index (χ1) is 11.0. The Morgan fingerprint density at radius 3 is 2.52 bits per heavy atom. The van der Waals surface area contributed by atoms with Crippen LogP contribution in [0.1, 0.15) is 5.56 Å². The molecule has 6 heteroatoms. The van der Waals surface area contributed by atoms with Gasteiger partial charge in [0, 0.05) is 16.8 Å². The molecule has 0 heterocycles. The van der Waals surface area contributed by atoms with E-state index in [0.717, 1.165) is 11.6 Å². The third kappa shape index (κ3) is 3.65. The smallest absolute Gasteiger partial charge is 0.437 e. The molecule has 0 radical (unpaired) electrons. The topological polar surface area (TPSA) is 61.8 Å². The predicted octanol–water partition coefficient (Wildman–Crippen LogP) is 4.11. The van der Waals surface area contributed by atoms with Gasteiger partial charge >= 0.3 is 12.1 Å². The molecule has 0 aliphatic heterocycles. The SMILES string of the molecule is C=CC(=O)Oc1c(SC)cc(OC(=O)OC)c2cc(C)ccc12. The number of methoxy groups -OCH3 is 1. The summed E-state index contributed by atoms with van der Waals surface area (Å²) >= 11 is 1.37. The average molecular weight is 332 g/mol. The third-order valence-corrected chi connectivity index (χ3v) is 3.86. The first-order valence-corrected chi connectivity index (χ1v) is 7.94. The van der Waals surface area contributed by atoms with Gasteiger partial charge in [-0.05, 0) is 25.3 Å². The van der Waals surface area contributed by atoms with Crippen LogP contribution in [-0.2, 0) is 9.53 Å². The van der Waals surface area contributed by atoms with Crippen LogP contribution < -0.4 is 9.47 Å². The maximum atomic E-state index is 11.6. The van der Waals surface area contributed by atoms with E-state index >= 15 is 0 Å². The minimum atomic E-state index is -0.810. The Labute approximate surface area is 138 Å². The van der Waals surface area contributed by atoms with Crippen LogP contribution in [0, 0.1) is 6.92 Å². The van der Waals surface area contributed by atoms with E-state index in [4.69, 9.17) is 9.47 Å². The van der Waals surface area contributed by atoms with Crippen molar-refractivity contribution in [2.24, 2.45) is 0 Å². The lowest BCUT2D eigenvalue weighted by Crippen LogP contribution is -2.09. The molecule has 0 atom stereocenters. The quantitative estimate of drug-likeness (QED) is 0.276. The van der Waals surface area contributed by atoms with E-state index in [9.17, 15) is 9.59 Å². The van der Waals surface area contributed by atoms with Crippen LogP contribution in [-0.4, -0.2) is 25.5 Å². The van der Waals surface area contributed by atoms with Gasteiger partial charge in [0.15, 0.2) is 5.75 Å². The largest absolute Gasteiger partial charge is 0.513 e. The summed E-state index contributed by atoms with van der Waals surface area (Å²) < 4.78 is 15.2. The van der Waals surface area contributed by atoms with E-state index in [0.29, 0.717) is 27.2 Å². The summed E-state index contributed by atoms with van der Waals surface area (Å²) in [7, 11) is 1.24. The Morgan fingerprint density at radius 2 is 1.91 bits per heavy atom. The molecule has 0 bridgehead atoms. The number of aryl methyl sites for hydroxylation is 1. The molecular formula is C17H16O5S. The molecule has 5 nitrogen and oxygen atoms in total. The average Bonchev–Trinajstić information content (AvgIpc) is 2.56. The van der Waals surface area contributed by atoms with Gasteiger partial charge in [-0.25, -0.2) is 9.59 Å². The lowest BCUT2D eigenvalue weighted by molar-refractivity contribution is -0.129. The zero-order valence-electron chi connectivity index (χ0n) is 13.0. The fraction of sp³-hybridized carbons (Fsp3) is 0.176. The van der Waals surface area contributed by atoms with E-state index in [1.165, 1.54) is 18.9 Å². The normalized spacial score (nSPS) is 10.2. The predicted molar refractivity (Wildman–Crippen MR) is 89.3 cm³/mol. The fourth-order valence-electron chi connectivity index (χ4n) is 2.07. The van der Waals surface area contributed by atoms with Crippen LogP contribution in [0.15, 0.2) is 41.8 Å². The molecule has 2 aromatic rings. The van der Waals surface area contributed by atoms with Crippen molar-refractivity contribution in [3.05, 3.63) is 42.5 Å². The van der Waals surface area contributed by atoms with Gasteiger partial charge in [-0.3, -0.25) is 0 Å². The van der Waals surface area contributed by atoms with Crippen molar-refractivity contribution >= 4 is 34.7 Å². The lowest BCUT2D eigenvalue weighted by atomic mass is 10.1. The maximum Gasteiger partial charge on any atom is 0.513 e. The molecule has 0 saturated heterocycles. The Kier molecular flexibility index (Phi) is 5.28. The standard InChI is InChI=1S/C17H16O5S/c1-5-15(18)22-16-11-7-6-10(2)8-12(11)13(9-14(16)23-4)21-17(19)20-3/h5-9H,1H2,2-4H3. The number of fused-ring (bicyclic) bond motifs is 1. The van der Waals surface area contributed by atoms with Crippen LogP contribution >= 0.6 is 11.8 Å². The van der Waals surface area contributed by atoms with Gasteiger partial charge in [0.2, 0.25) is 0 Å². The first-order valence-electron chi connectivity index (χ1n) is 6.71. The minimum Gasteiger partial charge on any atom is -0.437 e. The summed E-state index contributed by atoms with van der Waals surface area (Å²) in [6.07, 6.45) is 2.13. The zero-order chi connectivity index (χ0) is 17.0. The number of benzene rings is 2. The number of carbonyl (C=O) groups is 2. The highest BCUT2D eigenvalue weighted by Gasteiger charge is 2.18. The second kappa shape index (κ2) is 7.19. The maximum absolute atomic E-state index is 11.6. The van der Waals surface area contributed by atoms with Gasteiger partial charge in [0.05, 0.1) is 12.0 Å². The first kappa shape index (κ1) is 16.9. The van der Waals surface area contributed by atoms with Crippen molar-refractivity contribution in [2.75, 3.05) is 13.4 Å². The van der Waals surface area contributed by atoms with Gasteiger partial charge in [0.1, 0.15) is 5.75 Å². The molecule has 120 valence electrons. The highest BCUT2D eigenvalue weighted by Crippen LogP contribution is 2.41. The van der Waals surface area contributed by atoms with Crippen molar-refractivity contribution in [1.82, 2.24) is 0 Å². The molecule has 0 N–H and O–H groups in total. The lowest BCUT2D eigenvalue weighted by Gasteiger charge is -2.15. The fourth-order valence-corrected chi connectivity index (χ4v) is 2.63. The van der Waals surface area contributed by atoms with Crippen LogP contribution in [0.3, 0.4) is 0 Å². The van der Waals surface area contributed by atoms with Gasteiger partial charge in [0.25, 0.3) is 0 Å². The molecule has 0 spiro atoms. The number of rotatable bonds is 4. The van der Waals surface area contributed by atoms with Crippen molar-refractivity contribution < 1.29 is 23.8 Å². The number of ether oxygens (including phenoxy) is 3. The molecule has 0 unspecified atom stereocenters. The van der Waals surface area contributed by atoms with Gasteiger partial charge in [-0.15, -0.1) is 11.8 Å². The summed E-state index contributed by atoms with van der Waals surface area (Å²) in [5.74, 6) is 0.205. The highest BCUT2D eigenvalue weighted by atomic mass is 32.2. The number of carbonyl (C=O) groups excluding carboxylic acids is 2. The Balaban J connectivity index is 2.71. The van der Waals surface area contributed by atoms with Crippen molar-refractivity contribution in [1.29, 1.82) is 0 Å². The molecule has 0 aliphatic rings. The summed E-state index contributed by atoms with van der Waals surface area (Å²) in [5, 5.41) is 1.32. The molecule has 2 rings (SSSR count). The molecular weight excluding hydrogens is 316 g/mol. The highest BCUT2D eigenvalue weighted by molar-refractivity contribution is 7.98. The summed E-state index contributed by atoms with van der Waals surface area (Å²) in [5.41, 5.74) is 0.977. The second-order valence-corrected chi connectivity index (χ2v) is 5.48.